The second-order valence-electron chi connectivity index (χ2n) is 4.95. The Bertz CT molecular complexity index is 216. The standard InChI is InChI=1S/C13H22O/c1-4-5-6-9-13(14)10-11(2)7-8-12(13)3/h1,11-12,14H,5-10H2,2-3H3. The number of hydrogen-bond acceptors (Lipinski definition) is 1. The average molecular weight is 194 g/mol. The Kier molecular flexibility index (Phi) is 4.01. The molecule has 0 aromatic heterocycles. The van der Waals surface area contributed by atoms with Crippen LogP contribution in [0.5, 0.6) is 0 Å². The van der Waals surface area contributed by atoms with Crippen molar-refractivity contribution in [3.63, 3.8) is 0 Å². The molecule has 0 spiro atoms. The van der Waals surface area contributed by atoms with Crippen molar-refractivity contribution in [2.45, 2.75) is 58.0 Å². The van der Waals surface area contributed by atoms with Crippen LogP contribution in [-0.4, -0.2) is 10.7 Å². The Labute approximate surface area is 87.9 Å². The van der Waals surface area contributed by atoms with Gasteiger partial charge in [0, 0.05) is 6.42 Å². The van der Waals surface area contributed by atoms with Gasteiger partial charge in [0.1, 0.15) is 0 Å². The van der Waals surface area contributed by atoms with Crippen LogP contribution in [0, 0.1) is 24.2 Å². The third-order valence-corrected chi connectivity index (χ3v) is 3.64. The van der Waals surface area contributed by atoms with Crippen LogP contribution in [0.25, 0.3) is 0 Å². The molecule has 0 aromatic carbocycles. The molecule has 1 nitrogen and oxygen atoms in total. The molecule has 14 heavy (non-hydrogen) atoms. The number of unbranched alkanes of at least 4 members (excludes halogenated alkanes) is 1. The van der Waals surface area contributed by atoms with Crippen molar-refractivity contribution >= 4 is 0 Å². The molecule has 0 amide bonds. The molecule has 3 atom stereocenters. The molecule has 1 aliphatic rings. The molecule has 0 aromatic rings. The molecule has 0 bridgehead atoms. The predicted molar refractivity (Wildman–Crippen MR) is 59.8 cm³/mol. The quantitative estimate of drug-likeness (QED) is 0.541. The minimum atomic E-state index is -0.436. The molecule has 1 rings (SSSR count). The topological polar surface area (TPSA) is 20.2 Å². The second-order valence-corrected chi connectivity index (χ2v) is 4.95. The van der Waals surface area contributed by atoms with Gasteiger partial charge in [-0.05, 0) is 37.5 Å². The molecule has 1 fully saturated rings. The second kappa shape index (κ2) is 4.84. The first-order valence-electron chi connectivity index (χ1n) is 5.74. The van der Waals surface area contributed by atoms with Gasteiger partial charge < -0.3 is 5.11 Å². The summed E-state index contributed by atoms with van der Waals surface area (Å²) in [7, 11) is 0. The fourth-order valence-corrected chi connectivity index (χ4v) is 2.55. The van der Waals surface area contributed by atoms with Gasteiger partial charge in [-0.2, -0.15) is 0 Å². The van der Waals surface area contributed by atoms with Crippen LogP contribution in [-0.2, 0) is 0 Å². The summed E-state index contributed by atoms with van der Waals surface area (Å²) in [6.45, 7) is 4.40. The van der Waals surface area contributed by atoms with Gasteiger partial charge in [-0.3, -0.25) is 0 Å². The van der Waals surface area contributed by atoms with Crippen molar-refractivity contribution in [3.05, 3.63) is 0 Å². The van der Waals surface area contributed by atoms with Crippen molar-refractivity contribution in [1.82, 2.24) is 0 Å². The van der Waals surface area contributed by atoms with E-state index in [1.54, 1.807) is 0 Å². The molecular formula is C13H22O. The minimum absolute atomic E-state index is 0.436. The summed E-state index contributed by atoms with van der Waals surface area (Å²) in [5, 5.41) is 10.5. The lowest BCUT2D eigenvalue weighted by Crippen LogP contribution is -2.41. The average Bonchev–Trinajstić information content (AvgIpc) is 2.13. The Morgan fingerprint density at radius 3 is 2.79 bits per heavy atom. The van der Waals surface area contributed by atoms with E-state index in [-0.39, 0.29) is 0 Å². The Morgan fingerprint density at radius 1 is 1.43 bits per heavy atom. The molecule has 1 heteroatoms. The van der Waals surface area contributed by atoms with Crippen LogP contribution in [0.3, 0.4) is 0 Å². The van der Waals surface area contributed by atoms with E-state index in [1.165, 1.54) is 6.42 Å². The lowest BCUT2D eigenvalue weighted by molar-refractivity contribution is -0.0638. The summed E-state index contributed by atoms with van der Waals surface area (Å²) < 4.78 is 0. The maximum absolute atomic E-state index is 10.5. The highest BCUT2D eigenvalue weighted by atomic mass is 16.3. The maximum atomic E-state index is 10.5. The third-order valence-electron chi connectivity index (χ3n) is 3.64. The predicted octanol–water partition coefficient (Wildman–Crippen LogP) is 2.98. The number of terminal acetylenes is 1. The summed E-state index contributed by atoms with van der Waals surface area (Å²) in [5.74, 6) is 3.75. The molecule has 1 N–H and O–H groups in total. The zero-order valence-corrected chi connectivity index (χ0v) is 9.42. The number of aliphatic hydroxyl groups is 1. The van der Waals surface area contributed by atoms with E-state index >= 15 is 0 Å². The zero-order valence-electron chi connectivity index (χ0n) is 9.42. The van der Waals surface area contributed by atoms with Gasteiger partial charge in [-0.15, -0.1) is 12.3 Å². The smallest absolute Gasteiger partial charge is 0.0676 e. The maximum Gasteiger partial charge on any atom is 0.0676 e. The molecule has 1 aliphatic carbocycles. The van der Waals surface area contributed by atoms with Crippen molar-refractivity contribution < 1.29 is 5.11 Å². The van der Waals surface area contributed by atoms with E-state index in [9.17, 15) is 5.11 Å². The van der Waals surface area contributed by atoms with Crippen LogP contribution in [0.15, 0.2) is 0 Å². The van der Waals surface area contributed by atoms with Crippen molar-refractivity contribution in [1.29, 1.82) is 0 Å². The normalized spacial score (nSPS) is 37.9. The van der Waals surface area contributed by atoms with Gasteiger partial charge in [-0.25, -0.2) is 0 Å². The van der Waals surface area contributed by atoms with E-state index in [0.717, 1.165) is 32.1 Å². The highest BCUT2D eigenvalue weighted by Crippen LogP contribution is 2.39. The molecule has 0 radical (unpaired) electrons. The summed E-state index contributed by atoms with van der Waals surface area (Å²) >= 11 is 0. The fraction of sp³-hybridized carbons (Fsp3) is 0.846. The zero-order chi connectivity index (χ0) is 10.6. The van der Waals surface area contributed by atoms with Gasteiger partial charge in [0.15, 0.2) is 0 Å². The third kappa shape index (κ3) is 2.75. The first-order valence-corrected chi connectivity index (χ1v) is 5.74. The van der Waals surface area contributed by atoms with Crippen LogP contribution in [0.4, 0.5) is 0 Å². The SMILES string of the molecule is C#CCCCC1(O)CC(C)CCC1C. The van der Waals surface area contributed by atoms with E-state index in [0.29, 0.717) is 11.8 Å². The Morgan fingerprint density at radius 2 is 2.14 bits per heavy atom. The molecule has 0 saturated heterocycles. The minimum Gasteiger partial charge on any atom is -0.390 e. The van der Waals surface area contributed by atoms with Gasteiger partial charge in [-0.1, -0.05) is 20.3 Å². The highest BCUT2D eigenvalue weighted by molar-refractivity contribution is 4.92. The van der Waals surface area contributed by atoms with Gasteiger partial charge in [0.05, 0.1) is 5.60 Å². The molecular weight excluding hydrogens is 172 g/mol. The summed E-state index contributed by atoms with van der Waals surface area (Å²) in [6.07, 6.45) is 11.2. The van der Waals surface area contributed by atoms with Crippen molar-refractivity contribution in [2.75, 3.05) is 0 Å². The fourth-order valence-electron chi connectivity index (χ4n) is 2.55. The molecule has 80 valence electrons. The summed E-state index contributed by atoms with van der Waals surface area (Å²) in [4.78, 5) is 0. The van der Waals surface area contributed by atoms with E-state index in [2.05, 4.69) is 19.8 Å². The Hall–Kier alpha value is -0.480. The molecule has 1 saturated carbocycles. The van der Waals surface area contributed by atoms with Crippen LogP contribution < -0.4 is 0 Å². The van der Waals surface area contributed by atoms with E-state index in [4.69, 9.17) is 6.42 Å². The number of hydrogen-bond donors (Lipinski definition) is 1. The first-order chi connectivity index (χ1) is 6.58. The molecule has 0 heterocycles. The van der Waals surface area contributed by atoms with E-state index < -0.39 is 5.60 Å². The van der Waals surface area contributed by atoms with Crippen molar-refractivity contribution in [3.8, 4) is 12.3 Å². The van der Waals surface area contributed by atoms with Gasteiger partial charge in [0.2, 0.25) is 0 Å². The lowest BCUT2D eigenvalue weighted by atomic mass is 9.70. The highest BCUT2D eigenvalue weighted by Gasteiger charge is 2.37. The number of rotatable bonds is 3. The summed E-state index contributed by atoms with van der Waals surface area (Å²) in [5.41, 5.74) is -0.436. The van der Waals surface area contributed by atoms with Crippen LogP contribution >= 0.6 is 0 Å². The van der Waals surface area contributed by atoms with E-state index in [1.807, 2.05) is 0 Å². The van der Waals surface area contributed by atoms with Gasteiger partial charge >= 0.3 is 0 Å². The molecule has 3 unspecified atom stereocenters. The van der Waals surface area contributed by atoms with Gasteiger partial charge in [0.25, 0.3) is 0 Å². The largest absolute Gasteiger partial charge is 0.390 e. The lowest BCUT2D eigenvalue weighted by Gasteiger charge is -2.41. The van der Waals surface area contributed by atoms with Crippen LogP contribution in [0.2, 0.25) is 0 Å². The summed E-state index contributed by atoms with van der Waals surface area (Å²) in [6, 6.07) is 0. The Balaban J connectivity index is 2.47. The molecule has 0 aliphatic heterocycles. The van der Waals surface area contributed by atoms with Crippen LogP contribution in [0.1, 0.15) is 52.4 Å². The van der Waals surface area contributed by atoms with Crippen molar-refractivity contribution in [2.24, 2.45) is 11.8 Å². The monoisotopic (exact) mass is 194 g/mol. The first kappa shape index (κ1) is 11.6.